The monoisotopic (exact) mass is 561 g/mol. The van der Waals surface area contributed by atoms with E-state index in [1.807, 2.05) is 6.92 Å². The van der Waals surface area contributed by atoms with Crippen LogP contribution in [0.4, 0.5) is 17.1 Å². The number of sulfone groups is 1. The average Bonchev–Trinajstić information content (AvgIpc) is 2.82. The maximum atomic E-state index is 13.5. The zero-order chi connectivity index (χ0) is 27.0. The number of hydrogen-bond acceptors (Lipinski definition) is 9. The Kier molecular flexibility index (Phi) is 8.76. The normalized spacial score (nSPS) is 11.9. The number of nitrogens with one attached hydrogen (secondary N) is 1. The molecule has 0 aliphatic rings. The molecule has 0 aliphatic carbocycles. The Balaban J connectivity index is 0.00000400. The number of carbonyl (C=O) groups is 1. The number of amides is 1. The van der Waals surface area contributed by atoms with Gasteiger partial charge in [-0.3, -0.25) is 4.79 Å². The fourth-order valence-electron chi connectivity index (χ4n) is 3.63. The van der Waals surface area contributed by atoms with Crippen molar-refractivity contribution in [3.63, 3.8) is 0 Å². The number of carbonyl (C=O) groups excluding carboxylic acids is 1. The molecule has 0 saturated carbocycles. The van der Waals surface area contributed by atoms with Gasteiger partial charge in [0.15, 0.2) is 0 Å². The molecule has 0 unspecified atom stereocenters. The molecule has 2 N–H and O–H groups in total. The van der Waals surface area contributed by atoms with Crippen molar-refractivity contribution in [2.45, 2.75) is 28.5 Å². The van der Waals surface area contributed by atoms with Crippen molar-refractivity contribution < 1.29 is 60.8 Å². The summed E-state index contributed by atoms with van der Waals surface area (Å²) in [5.74, 6) is -0.895. The van der Waals surface area contributed by atoms with Crippen molar-refractivity contribution in [2.24, 2.45) is 10.2 Å². The van der Waals surface area contributed by atoms with Crippen molar-refractivity contribution in [3.05, 3.63) is 78.4 Å². The maximum Gasteiger partial charge on any atom is 1.00 e. The molecular weight excluding hydrogens is 541 g/mol. The van der Waals surface area contributed by atoms with Crippen molar-refractivity contribution in [1.82, 2.24) is 0 Å². The summed E-state index contributed by atoms with van der Waals surface area (Å²) in [5.41, 5.74) is 1.18. The maximum absolute atomic E-state index is 13.5. The van der Waals surface area contributed by atoms with Crippen LogP contribution in [0.15, 0.2) is 97.7 Å². The predicted octanol–water partition coefficient (Wildman–Crippen LogP) is 1.97. The van der Waals surface area contributed by atoms with Crippen molar-refractivity contribution in [2.75, 3.05) is 5.32 Å². The van der Waals surface area contributed by atoms with Gasteiger partial charge in [-0.2, -0.15) is 0 Å². The molecule has 1 amide bonds. The van der Waals surface area contributed by atoms with Gasteiger partial charge in [0.1, 0.15) is 26.5 Å². The first-order chi connectivity index (χ1) is 17.4. The molecule has 4 aromatic rings. The second-order valence-electron chi connectivity index (χ2n) is 8.15. The Hall–Kier alpha value is -3.13. The predicted molar refractivity (Wildman–Crippen MR) is 135 cm³/mol. The number of rotatable bonds is 6. The van der Waals surface area contributed by atoms with Crippen LogP contribution >= 0.6 is 0 Å². The fourth-order valence-corrected chi connectivity index (χ4v) is 5.57. The molecule has 0 spiro atoms. The molecule has 13 heteroatoms. The molecule has 0 radical (unpaired) electrons. The van der Waals surface area contributed by atoms with Gasteiger partial charge < -0.3 is 15.0 Å². The Bertz CT molecular complexity index is 1790. The van der Waals surface area contributed by atoms with Gasteiger partial charge in [-0.15, -0.1) is 10.2 Å². The van der Waals surface area contributed by atoms with E-state index in [2.05, 4.69) is 15.5 Å². The van der Waals surface area contributed by atoms with Crippen LogP contribution in [0.3, 0.4) is 0 Å². The molecule has 0 bridgehead atoms. The van der Waals surface area contributed by atoms with Gasteiger partial charge in [0.25, 0.3) is 0 Å². The number of aryl methyl sites for hydroxylation is 1. The van der Waals surface area contributed by atoms with E-state index in [-0.39, 0.29) is 67.2 Å². The largest absolute Gasteiger partial charge is 1.00 e. The number of phenolic OH excluding ortho intramolecular Hbond substituents is 1. The third kappa shape index (κ3) is 6.29. The van der Waals surface area contributed by atoms with Gasteiger partial charge in [-0.25, -0.2) is 16.8 Å². The number of fused-ring (bicyclic) bond motifs is 1. The van der Waals surface area contributed by atoms with E-state index in [9.17, 15) is 31.3 Å². The number of azo groups is 1. The summed E-state index contributed by atoms with van der Waals surface area (Å²) in [6.45, 7) is 3.11. The quantitative estimate of drug-likeness (QED) is 0.206. The van der Waals surface area contributed by atoms with Gasteiger partial charge in [0.05, 0.1) is 20.9 Å². The van der Waals surface area contributed by atoms with Gasteiger partial charge in [-0.1, -0.05) is 29.8 Å². The van der Waals surface area contributed by atoms with Gasteiger partial charge >= 0.3 is 29.6 Å². The van der Waals surface area contributed by atoms with E-state index in [0.717, 1.165) is 17.7 Å². The van der Waals surface area contributed by atoms with Gasteiger partial charge in [0, 0.05) is 12.6 Å². The Morgan fingerprint density at radius 3 is 2.16 bits per heavy atom. The fraction of sp³-hybridized carbons (Fsp3) is 0.0800. The number of aromatic hydroxyl groups is 1. The molecule has 0 heterocycles. The summed E-state index contributed by atoms with van der Waals surface area (Å²) in [4.78, 5) is 10.7. The first kappa shape index (κ1) is 29.4. The van der Waals surface area contributed by atoms with E-state index >= 15 is 0 Å². The third-order valence-corrected chi connectivity index (χ3v) is 7.97. The molecular formula is C25H20N3NaO7S2. The Labute approximate surface area is 241 Å². The summed E-state index contributed by atoms with van der Waals surface area (Å²) in [6, 6.07) is 16.8. The molecule has 4 rings (SSSR count). The summed E-state index contributed by atoms with van der Waals surface area (Å²) >= 11 is 0. The summed E-state index contributed by atoms with van der Waals surface area (Å²) in [5, 5.41) is 21.5. The van der Waals surface area contributed by atoms with E-state index < -0.39 is 36.5 Å². The molecule has 190 valence electrons. The zero-order valence-electron chi connectivity index (χ0n) is 20.5. The van der Waals surface area contributed by atoms with Crippen LogP contribution in [0, 0.1) is 6.92 Å². The minimum atomic E-state index is -4.81. The van der Waals surface area contributed by atoms with Gasteiger partial charge in [0.2, 0.25) is 15.7 Å². The first-order valence-electron chi connectivity index (χ1n) is 10.7. The number of hydrogen-bond donors (Lipinski definition) is 2. The second kappa shape index (κ2) is 11.3. The van der Waals surface area contributed by atoms with Crippen LogP contribution < -0.4 is 34.9 Å². The molecule has 0 atom stereocenters. The molecule has 0 fully saturated rings. The van der Waals surface area contributed by atoms with Crippen LogP contribution in [0.5, 0.6) is 5.75 Å². The summed E-state index contributed by atoms with van der Waals surface area (Å²) in [7, 11) is -8.89. The molecule has 10 nitrogen and oxygen atoms in total. The Morgan fingerprint density at radius 1 is 0.868 bits per heavy atom. The minimum Gasteiger partial charge on any atom is -0.744 e. The second-order valence-corrected chi connectivity index (χ2v) is 11.4. The van der Waals surface area contributed by atoms with E-state index in [0.29, 0.717) is 0 Å². The number of nitrogens with zero attached hydrogens (tertiary/aromatic N) is 2. The van der Waals surface area contributed by atoms with Crippen LogP contribution in [0.1, 0.15) is 12.5 Å². The molecule has 4 aromatic carbocycles. The summed E-state index contributed by atoms with van der Waals surface area (Å²) in [6.07, 6.45) is 0. The number of anilines is 1. The SMILES string of the molecule is CC(=O)Nc1ccc(N=Nc2cccc3cc(S(=O)(=O)[O-])cc(O)c23)c(S(=O)(=O)c2ccc(C)cc2)c1.[Na+]. The van der Waals surface area contributed by atoms with Crippen molar-refractivity contribution >= 4 is 53.7 Å². The average molecular weight is 562 g/mol. The smallest absolute Gasteiger partial charge is 0.744 e. The molecule has 0 aromatic heterocycles. The molecule has 0 aliphatic heterocycles. The zero-order valence-corrected chi connectivity index (χ0v) is 24.2. The Morgan fingerprint density at radius 2 is 1.53 bits per heavy atom. The van der Waals surface area contributed by atoms with E-state index in [1.165, 1.54) is 55.5 Å². The van der Waals surface area contributed by atoms with Crippen LogP contribution in [0.2, 0.25) is 0 Å². The van der Waals surface area contributed by atoms with Crippen LogP contribution in [0.25, 0.3) is 10.8 Å². The van der Waals surface area contributed by atoms with Crippen LogP contribution in [-0.2, 0) is 24.7 Å². The molecule has 0 saturated heterocycles. The standard InChI is InChI=1S/C25H21N3O7S2.Na/c1-15-6-9-19(10-7-15)36(31,32)24-13-18(26-16(2)29)8-11-21(24)27-28-22-5-3-4-17-12-20(37(33,34)35)14-23(30)25(17)22;/h3-14,30H,1-2H3,(H,26,29)(H,33,34,35);/q;+1/p-1. The van der Waals surface area contributed by atoms with E-state index in [4.69, 9.17) is 0 Å². The van der Waals surface area contributed by atoms with Crippen LogP contribution in [-0.4, -0.2) is 32.4 Å². The summed E-state index contributed by atoms with van der Waals surface area (Å²) < 4.78 is 61.1. The van der Waals surface area contributed by atoms with Gasteiger partial charge in [-0.05, 0) is 60.8 Å². The topological polar surface area (TPSA) is 165 Å². The van der Waals surface area contributed by atoms with Crippen molar-refractivity contribution in [1.29, 1.82) is 0 Å². The van der Waals surface area contributed by atoms with E-state index in [1.54, 1.807) is 12.1 Å². The number of phenols is 1. The minimum absolute atomic E-state index is 0. The third-order valence-electron chi connectivity index (χ3n) is 5.36. The first-order valence-corrected chi connectivity index (χ1v) is 13.6. The van der Waals surface area contributed by atoms with Crippen molar-refractivity contribution in [3.8, 4) is 5.75 Å². The number of benzene rings is 4. The molecule has 38 heavy (non-hydrogen) atoms.